The van der Waals surface area contributed by atoms with Gasteiger partial charge in [-0.05, 0) is 35.9 Å². The van der Waals surface area contributed by atoms with E-state index in [1.807, 2.05) is 24.3 Å². The zero-order chi connectivity index (χ0) is 17.4. The summed E-state index contributed by atoms with van der Waals surface area (Å²) in [7, 11) is 1.64. The topological polar surface area (TPSA) is 56.1 Å². The standard InChI is InChI=1S/C19H19N5O/c1-4-13-8-9-17(21-15(13)5-2)23-11-14(12-23)24-18-16(7-6-10-20-18)22-19(24)25-3/h4-10,14H,1-2,11-12H2,3H3. The third-order valence-electron chi connectivity index (χ3n) is 4.51. The Morgan fingerprint density at radius 2 is 2.00 bits per heavy atom. The zero-order valence-electron chi connectivity index (χ0n) is 14.1. The first kappa shape index (κ1) is 15.4. The van der Waals surface area contributed by atoms with Crippen LogP contribution in [-0.2, 0) is 0 Å². The minimum atomic E-state index is 0.253. The van der Waals surface area contributed by atoms with Crippen molar-refractivity contribution in [3.05, 3.63) is 54.9 Å². The SMILES string of the molecule is C=Cc1ccc(N2CC(n3c(OC)nc4cccnc43)C2)nc1C=C. The summed E-state index contributed by atoms with van der Waals surface area (Å²) in [6.45, 7) is 9.30. The van der Waals surface area contributed by atoms with E-state index < -0.39 is 0 Å². The number of hydrogen-bond acceptors (Lipinski definition) is 5. The molecule has 6 nitrogen and oxygen atoms in total. The summed E-state index contributed by atoms with van der Waals surface area (Å²) in [6.07, 6.45) is 5.33. The summed E-state index contributed by atoms with van der Waals surface area (Å²) >= 11 is 0. The highest BCUT2D eigenvalue weighted by Gasteiger charge is 2.33. The van der Waals surface area contributed by atoms with Crippen LogP contribution in [0.3, 0.4) is 0 Å². The van der Waals surface area contributed by atoms with E-state index in [2.05, 4.69) is 37.6 Å². The van der Waals surface area contributed by atoms with Gasteiger partial charge in [0.25, 0.3) is 6.01 Å². The molecule has 25 heavy (non-hydrogen) atoms. The molecule has 0 aliphatic carbocycles. The maximum absolute atomic E-state index is 5.45. The molecule has 4 rings (SSSR count). The van der Waals surface area contributed by atoms with Gasteiger partial charge in [0.1, 0.15) is 11.3 Å². The molecule has 0 atom stereocenters. The number of aromatic nitrogens is 4. The molecule has 0 radical (unpaired) electrons. The summed E-state index contributed by atoms with van der Waals surface area (Å²) in [5.41, 5.74) is 3.54. The van der Waals surface area contributed by atoms with Gasteiger partial charge in [-0.2, -0.15) is 4.98 Å². The van der Waals surface area contributed by atoms with Crippen LogP contribution in [0.25, 0.3) is 23.3 Å². The maximum atomic E-state index is 5.45. The Bertz CT molecular complexity index is 956. The number of imidazole rings is 1. The van der Waals surface area contributed by atoms with Crippen molar-refractivity contribution in [2.24, 2.45) is 0 Å². The normalized spacial score (nSPS) is 14.4. The summed E-state index contributed by atoms with van der Waals surface area (Å²) in [4.78, 5) is 15.9. The zero-order valence-corrected chi connectivity index (χ0v) is 14.1. The van der Waals surface area contributed by atoms with Crippen LogP contribution in [0.5, 0.6) is 6.01 Å². The first-order valence-electron chi connectivity index (χ1n) is 8.13. The lowest BCUT2D eigenvalue weighted by Crippen LogP contribution is -2.48. The molecule has 3 aromatic heterocycles. The number of fused-ring (bicyclic) bond motifs is 1. The van der Waals surface area contributed by atoms with Crippen LogP contribution in [0.4, 0.5) is 5.82 Å². The fourth-order valence-electron chi connectivity index (χ4n) is 3.17. The van der Waals surface area contributed by atoms with E-state index in [0.717, 1.165) is 41.3 Å². The molecular formula is C19H19N5O. The van der Waals surface area contributed by atoms with Crippen molar-refractivity contribution in [2.45, 2.75) is 6.04 Å². The van der Waals surface area contributed by atoms with Gasteiger partial charge in [0.15, 0.2) is 5.65 Å². The molecule has 1 aliphatic rings. The van der Waals surface area contributed by atoms with E-state index in [9.17, 15) is 0 Å². The van der Waals surface area contributed by atoms with Crippen molar-refractivity contribution in [1.82, 2.24) is 19.5 Å². The van der Waals surface area contributed by atoms with Crippen LogP contribution in [0, 0.1) is 0 Å². The minimum absolute atomic E-state index is 0.253. The Morgan fingerprint density at radius 1 is 1.16 bits per heavy atom. The summed E-state index contributed by atoms with van der Waals surface area (Å²) in [5.74, 6) is 0.938. The van der Waals surface area contributed by atoms with E-state index in [0.29, 0.717) is 6.01 Å². The van der Waals surface area contributed by atoms with Gasteiger partial charge in [-0.15, -0.1) is 0 Å². The fourth-order valence-corrected chi connectivity index (χ4v) is 3.17. The molecule has 0 spiro atoms. The van der Waals surface area contributed by atoms with Gasteiger partial charge in [0.05, 0.1) is 18.8 Å². The molecule has 0 unspecified atom stereocenters. The highest BCUT2D eigenvalue weighted by molar-refractivity contribution is 5.72. The Morgan fingerprint density at radius 3 is 2.72 bits per heavy atom. The molecule has 0 saturated carbocycles. The van der Waals surface area contributed by atoms with Crippen LogP contribution >= 0.6 is 0 Å². The van der Waals surface area contributed by atoms with Crippen LogP contribution in [0.2, 0.25) is 0 Å². The average molecular weight is 333 g/mol. The quantitative estimate of drug-likeness (QED) is 0.718. The molecule has 3 aromatic rings. The molecule has 0 N–H and O–H groups in total. The number of methoxy groups -OCH3 is 1. The number of nitrogens with zero attached hydrogens (tertiary/aromatic N) is 5. The van der Waals surface area contributed by atoms with Gasteiger partial charge >= 0.3 is 0 Å². The van der Waals surface area contributed by atoms with E-state index in [4.69, 9.17) is 4.74 Å². The van der Waals surface area contributed by atoms with Crippen molar-refractivity contribution in [2.75, 3.05) is 25.1 Å². The summed E-state index contributed by atoms with van der Waals surface area (Å²) in [6, 6.07) is 8.72. The van der Waals surface area contributed by atoms with Gasteiger partial charge < -0.3 is 9.64 Å². The van der Waals surface area contributed by atoms with Gasteiger partial charge in [0, 0.05) is 19.3 Å². The Balaban J connectivity index is 1.60. The molecule has 0 aromatic carbocycles. The number of hydrogen-bond donors (Lipinski definition) is 0. The lowest BCUT2D eigenvalue weighted by atomic mass is 10.1. The van der Waals surface area contributed by atoms with Gasteiger partial charge in [0.2, 0.25) is 0 Å². The Hall–Kier alpha value is -3.15. The van der Waals surface area contributed by atoms with E-state index in [1.165, 1.54) is 0 Å². The van der Waals surface area contributed by atoms with Crippen molar-refractivity contribution in [1.29, 1.82) is 0 Å². The van der Waals surface area contributed by atoms with Crippen molar-refractivity contribution in [3.63, 3.8) is 0 Å². The number of rotatable bonds is 5. The average Bonchev–Trinajstić information content (AvgIpc) is 2.99. The fraction of sp³-hybridized carbons (Fsp3) is 0.211. The lowest BCUT2D eigenvalue weighted by molar-refractivity contribution is 0.314. The Labute approximate surface area is 146 Å². The second kappa shape index (κ2) is 6.05. The predicted molar refractivity (Wildman–Crippen MR) is 99.7 cm³/mol. The van der Waals surface area contributed by atoms with Crippen LogP contribution in [-0.4, -0.2) is 39.7 Å². The second-order valence-electron chi connectivity index (χ2n) is 5.93. The summed E-state index contributed by atoms with van der Waals surface area (Å²) < 4.78 is 7.52. The minimum Gasteiger partial charge on any atom is -0.468 e. The monoisotopic (exact) mass is 333 g/mol. The second-order valence-corrected chi connectivity index (χ2v) is 5.93. The molecular weight excluding hydrogens is 314 g/mol. The van der Waals surface area contributed by atoms with Crippen molar-refractivity contribution in [3.8, 4) is 6.01 Å². The van der Waals surface area contributed by atoms with E-state index in [-0.39, 0.29) is 6.04 Å². The third kappa shape index (κ3) is 2.46. The molecule has 1 fully saturated rings. The third-order valence-corrected chi connectivity index (χ3v) is 4.51. The number of ether oxygens (including phenoxy) is 1. The van der Waals surface area contributed by atoms with E-state index >= 15 is 0 Å². The lowest BCUT2D eigenvalue weighted by Gasteiger charge is -2.41. The van der Waals surface area contributed by atoms with Crippen LogP contribution in [0.1, 0.15) is 17.3 Å². The van der Waals surface area contributed by atoms with Crippen LogP contribution < -0.4 is 9.64 Å². The number of anilines is 1. The summed E-state index contributed by atoms with van der Waals surface area (Å²) in [5, 5.41) is 0. The first-order chi connectivity index (χ1) is 12.2. The maximum Gasteiger partial charge on any atom is 0.298 e. The van der Waals surface area contributed by atoms with Gasteiger partial charge in [-0.1, -0.05) is 19.2 Å². The van der Waals surface area contributed by atoms with E-state index in [1.54, 1.807) is 25.5 Å². The molecule has 0 amide bonds. The van der Waals surface area contributed by atoms with Gasteiger partial charge in [-0.25, -0.2) is 9.97 Å². The van der Waals surface area contributed by atoms with Gasteiger partial charge in [-0.3, -0.25) is 4.57 Å². The highest BCUT2D eigenvalue weighted by Crippen LogP contribution is 2.33. The van der Waals surface area contributed by atoms with Crippen molar-refractivity contribution >= 4 is 29.1 Å². The molecule has 4 heterocycles. The predicted octanol–water partition coefficient (Wildman–Crippen LogP) is 3.18. The Kier molecular flexibility index (Phi) is 3.72. The molecule has 1 aliphatic heterocycles. The van der Waals surface area contributed by atoms with Crippen molar-refractivity contribution < 1.29 is 4.74 Å². The largest absolute Gasteiger partial charge is 0.468 e. The first-order valence-corrected chi connectivity index (χ1v) is 8.13. The molecule has 0 bridgehead atoms. The van der Waals surface area contributed by atoms with Crippen LogP contribution in [0.15, 0.2) is 43.6 Å². The molecule has 1 saturated heterocycles. The number of pyridine rings is 2. The molecule has 126 valence electrons. The smallest absolute Gasteiger partial charge is 0.298 e. The molecule has 6 heteroatoms. The highest BCUT2D eigenvalue weighted by atomic mass is 16.5.